The van der Waals surface area contributed by atoms with E-state index in [0.717, 1.165) is 16.0 Å². The van der Waals surface area contributed by atoms with Crippen LogP contribution in [0.5, 0.6) is 0 Å². The lowest BCUT2D eigenvalue weighted by molar-refractivity contribution is -0.116. The largest absolute Gasteiger partial charge is 0.324 e. The van der Waals surface area contributed by atoms with E-state index in [9.17, 15) is 14.4 Å². The Bertz CT molecular complexity index is 877. The molecule has 0 aliphatic carbocycles. The van der Waals surface area contributed by atoms with E-state index in [1.807, 2.05) is 26.0 Å². The number of fused-ring (bicyclic) bond motifs is 1. The average Bonchev–Trinajstić information content (AvgIpc) is 2.78. The van der Waals surface area contributed by atoms with Gasteiger partial charge in [-0.3, -0.25) is 19.3 Å². The zero-order valence-electron chi connectivity index (χ0n) is 13.2. The van der Waals surface area contributed by atoms with Crippen LogP contribution in [-0.2, 0) is 4.79 Å². The van der Waals surface area contributed by atoms with E-state index < -0.39 is 17.7 Å². The second-order valence-electron chi connectivity index (χ2n) is 5.65. The molecule has 0 saturated heterocycles. The summed E-state index contributed by atoms with van der Waals surface area (Å²) in [5.74, 6) is -1.49. The molecule has 1 heterocycles. The molecular weight excluding hydrogens is 328 g/mol. The Labute approximate surface area is 144 Å². The van der Waals surface area contributed by atoms with E-state index in [1.165, 1.54) is 6.07 Å². The summed E-state index contributed by atoms with van der Waals surface area (Å²) in [6.07, 6.45) is 0. The lowest BCUT2D eigenvalue weighted by atomic mass is 10.1. The molecule has 3 rings (SSSR count). The van der Waals surface area contributed by atoms with Crippen molar-refractivity contribution in [3.05, 3.63) is 63.7 Å². The number of carbonyl (C=O) groups is 3. The first-order valence-electron chi connectivity index (χ1n) is 7.41. The third-order valence-electron chi connectivity index (χ3n) is 4.13. The maximum absolute atomic E-state index is 12.4. The molecular formula is C18H15ClN2O3. The van der Waals surface area contributed by atoms with Gasteiger partial charge in [-0.1, -0.05) is 29.8 Å². The fraction of sp³-hybridized carbons (Fsp3) is 0.167. The van der Waals surface area contributed by atoms with Crippen LogP contribution < -0.4 is 5.32 Å². The number of hydrogen-bond acceptors (Lipinski definition) is 3. The van der Waals surface area contributed by atoms with Gasteiger partial charge in [-0.15, -0.1) is 0 Å². The number of nitrogens with zero attached hydrogens (tertiary/aromatic N) is 1. The number of anilines is 1. The summed E-state index contributed by atoms with van der Waals surface area (Å²) in [5.41, 5.74) is 3.03. The Morgan fingerprint density at radius 2 is 1.79 bits per heavy atom. The quantitative estimate of drug-likeness (QED) is 0.871. The van der Waals surface area contributed by atoms with Crippen LogP contribution in [0.2, 0.25) is 5.02 Å². The van der Waals surface area contributed by atoms with Gasteiger partial charge in [-0.25, -0.2) is 0 Å². The highest BCUT2D eigenvalue weighted by Gasteiger charge is 2.38. The lowest BCUT2D eigenvalue weighted by Gasteiger charge is -2.15. The maximum atomic E-state index is 12.4. The zero-order valence-corrected chi connectivity index (χ0v) is 14.0. The van der Waals surface area contributed by atoms with E-state index in [0.29, 0.717) is 5.69 Å². The highest BCUT2D eigenvalue weighted by atomic mass is 35.5. The third-order valence-corrected chi connectivity index (χ3v) is 4.44. The van der Waals surface area contributed by atoms with Crippen LogP contribution >= 0.6 is 11.6 Å². The summed E-state index contributed by atoms with van der Waals surface area (Å²) in [6, 6.07) is 10.2. The Morgan fingerprint density at radius 3 is 2.50 bits per heavy atom. The topological polar surface area (TPSA) is 66.5 Å². The smallest absolute Gasteiger partial charge is 0.263 e. The Kier molecular flexibility index (Phi) is 4.11. The highest BCUT2D eigenvalue weighted by Crippen LogP contribution is 2.29. The first-order chi connectivity index (χ1) is 11.4. The van der Waals surface area contributed by atoms with Gasteiger partial charge in [0.25, 0.3) is 11.8 Å². The molecule has 0 fully saturated rings. The molecule has 0 bridgehead atoms. The minimum Gasteiger partial charge on any atom is -0.324 e. The highest BCUT2D eigenvalue weighted by molar-refractivity contribution is 6.37. The molecule has 2 aromatic carbocycles. The number of hydrogen-bond donors (Lipinski definition) is 1. The number of carbonyl (C=O) groups excluding carboxylic acids is 3. The molecule has 1 N–H and O–H groups in total. The first kappa shape index (κ1) is 16.2. The van der Waals surface area contributed by atoms with Gasteiger partial charge in [0.15, 0.2) is 0 Å². The van der Waals surface area contributed by atoms with Gasteiger partial charge in [0, 0.05) is 5.69 Å². The summed E-state index contributed by atoms with van der Waals surface area (Å²) >= 11 is 6.00. The SMILES string of the molecule is Cc1cccc(NC(=O)CN2C(=O)c3cccc(Cl)c3C2=O)c1C. The second kappa shape index (κ2) is 6.09. The van der Waals surface area contributed by atoms with Crippen molar-refractivity contribution in [2.45, 2.75) is 13.8 Å². The fourth-order valence-corrected chi connectivity index (χ4v) is 2.91. The summed E-state index contributed by atoms with van der Waals surface area (Å²) < 4.78 is 0. The van der Waals surface area contributed by atoms with Crippen molar-refractivity contribution in [2.24, 2.45) is 0 Å². The summed E-state index contributed by atoms with van der Waals surface area (Å²) in [6.45, 7) is 3.49. The molecule has 1 aliphatic rings. The molecule has 0 aromatic heterocycles. The van der Waals surface area contributed by atoms with Crippen LogP contribution in [0.25, 0.3) is 0 Å². The van der Waals surface area contributed by atoms with Crippen molar-refractivity contribution >= 4 is 35.0 Å². The Morgan fingerprint density at radius 1 is 1.08 bits per heavy atom. The predicted molar refractivity (Wildman–Crippen MR) is 91.4 cm³/mol. The summed E-state index contributed by atoms with van der Waals surface area (Å²) in [7, 11) is 0. The Balaban J connectivity index is 1.79. The molecule has 1 aliphatic heterocycles. The molecule has 5 nitrogen and oxygen atoms in total. The molecule has 0 unspecified atom stereocenters. The molecule has 6 heteroatoms. The van der Waals surface area contributed by atoms with Crippen LogP contribution in [0.3, 0.4) is 0 Å². The van der Waals surface area contributed by atoms with E-state index >= 15 is 0 Å². The van der Waals surface area contributed by atoms with Crippen molar-refractivity contribution in [1.82, 2.24) is 4.90 Å². The lowest BCUT2D eigenvalue weighted by Crippen LogP contribution is -2.37. The molecule has 0 atom stereocenters. The van der Waals surface area contributed by atoms with E-state index in [4.69, 9.17) is 11.6 Å². The van der Waals surface area contributed by atoms with Crippen molar-refractivity contribution in [3.63, 3.8) is 0 Å². The van der Waals surface area contributed by atoms with Crippen molar-refractivity contribution in [3.8, 4) is 0 Å². The number of nitrogens with one attached hydrogen (secondary N) is 1. The molecule has 24 heavy (non-hydrogen) atoms. The third kappa shape index (κ3) is 2.67. The molecule has 3 amide bonds. The van der Waals surface area contributed by atoms with Gasteiger partial charge in [0.2, 0.25) is 5.91 Å². The number of rotatable bonds is 3. The van der Waals surface area contributed by atoms with Crippen molar-refractivity contribution in [2.75, 3.05) is 11.9 Å². The standard InChI is InChI=1S/C18H15ClN2O3/c1-10-5-3-8-14(11(10)2)20-15(22)9-21-17(23)12-6-4-7-13(19)16(12)18(21)24/h3-8H,9H2,1-2H3,(H,20,22). The van der Waals surface area contributed by atoms with Gasteiger partial charge in [0.1, 0.15) is 6.54 Å². The van der Waals surface area contributed by atoms with Gasteiger partial charge >= 0.3 is 0 Å². The predicted octanol–water partition coefficient (Wildman–Crippen LogP) is 3.19. The van der Waals surface area contributed by atoms with E-state index in [-0.39, 0.29) is 22.7 Å². The van der Waals surface area contributed by atoms with Gasteiger partial charge in [0.05, 0.1) is 16.1 Å². The van der Waals surface area contributed by atoms with Gasteiger partial charge in [-0.05, 0) is 43.2 Å². The molecule has 0 saturated carbocycles. The zero-order chi connectivity index (χ0) is 17.4. The first-order valence-corrected chi connectivity index (χ1v) is 7.78. The van der Waals surface area contributed by atoms with Crippen LogP contribution in [0, 0.1) is 13.8 Å². The summed E-state index contributed by atoms with van der Waals surface area (Å²) in [5, 5.41) is 2.95. The minimum absolute atomic E-state index is 0.156. The summed E-state index contributed by atoms with van der Waals surface area (Å²) in [4.78, 5) is 37.9. The van der Waals surface area contributed by atoms with Crippen molar-refractivity contribution < 1.29 is 14.4 Å². The molecule has 122 valence electrons. The molecule has 2 aromatic rings. The van der Waals surface area contributed by atoms with Gasteiger partial charge in [-0.2, -0.15) is 0 Å². The molecule has 0 radical (unpaired) electrons. The second-order valence-corrected chi connectivity index (χ2v) is 6.06. The maximum Gasteiger partial charge on any atom is 0.263 e. The van der Waals surface area contributed by atoms with Crippen molar-refractivity contribution in [1.29, 1.82) is 0 Å². The monoisotopic (exact) mass is 342 g/mol. The van der Waals surface area contributed by atoms with Gasteiger partial charge < -0.3 is 5.32 Å². The minimum atomic E-state index is -0.545. The van der Waals surface area contributed by atoms with Crippen LogP contribution in [0.4, 0.5) is 5.69 Å². The van der Waals surface area contributed by atoms with Crippen LogP contribution in [-0.4, -0.2) is 29.2 Å². The number of benzene rings is 2. The number of aryl methyl sites for hydroxylation is 1. The number of amides is 3. The van der Waals surface area contributed by atoms with Crippen LogP contribution in [0.15, 0.2) is 36.4 Å². The fourth-order valence-electron chi connectivity index (χ4n) is 2.66. The van der Waals surface area contributed by atoms with E-state index in [1.54, 1.807) is 18.2 Å². The number of imide groups is 1. The average molecular weight is 343 g/mol. The van der Waals surface area contributed by atoms with Crippen LogP contribution in [0.1, 0.15) is 31.8 Å². The number of halogens is 1. The molecule has 0 spiro atoms. The van der Waals surface area contributed by atoms with E-state index in [2.05, 4.69) is 5.32 Å². The normalized spacial score (nSPS) is 13.2. The Hall–Kier alpha value is -2.66.